The first-order valence-corrected chi connectivity index (χ1v) is 19.7. The second-order valence-electron chi connectivity index (χ2n) is 14.4. The number of para-hydroxylation sites is 1. The van der Waals surface area contributed by atoms with E-state index in [1.807, 2.05) is 0 Å². The molecule has 0 spiro atoms. The van der Waals surface area contributed by atoms with Crippen molar-refractivity contribution in [2.24, 2.45) is 0 Å². The topological polar surface area (TPSA) is 43.6 Å². The Morgan fingerprint density at radius 2 is 0.946 bits per heavy atom. The summed E-state index contributed by atoms with van der Waals surface area (Å²) in [5.41, 5.74) is 6.35. The molecule has 0 radical (unpaired) electrons. The number of rotatable bonds is 4. The SMILES string of the molecule is c1ccc2cc(-c3nc(-c4ccc5c(c4)sc4ccccc45)nc(-c4cccc5c(-n6c7ccccc7c7cc8ccccc8cc76)cccc45)n3)ccc2c1. The lowest BCUT2D eigenvalue weighted by Gasteiger charge is -2.15. The molecular weight excluding hydrogens is 701 g/mol. The summed E-state index contributed by atoms with van der Waals surface area (Å²) in [6.07, 6.45) is 0. The van der Waals surface area contributed by atoms with Gasteiger partial charge < -0.3 is 4.57 Å². The average Bonchev–Trinajstić information content (AvgIpc) is 3.79. The molecule has 0 aliphatic carbocycles. The van der Waals surface area contributed by atoms with Gasteiger partial charge in [-0.1, -0.05) is 140 Å². The maximum absolute atomic E-state index is 5.27. The predicted molar refractivity (Wildman–Crippen MR) is 236 cm³/mol. The van der Waals surface area contributed by atoms with Crippen molar-refractivity contribution in [3.05, 3.63) is 182 Å². The van der Waals surface area contributed by atoms with Gasteiger partial charge in [-0.2, -0.15) is 0 Å². The van der Waals surface area contributed by atoms with Crippen LogP contribution in [0.2, 0.25) is 0 Å². The van der Waals surface area contributed by atoms with Crippen LogP contribution in [0.1, 0.15) is 0 Å². The number of nitrogens with zero attached hydrogens (tertiary/aromatic N) is 4. The Hall–Kier alpha value is -7.21. The Kier molecular flexibility index (Phi) is 6.76. The first kappa shape index (κ1) is 31.2. The third kappa shape index (κ3) is 4.81. The molecule has 0 amide bonds. The quantitative estimate of drug-likeness (QED) is 0.181. The fraction of sp³-hybridized carbons (Fsp3) is 0. The van der Waals surface area contributed by atoms with E-state index < -0.39 is 0 Å². The molecule has 0 saturated heterocycles. The fourth-order valence-electron chi connectivity index (χ4n) is 8.55. The number of aromatic nitrogens is 4. The number of benzene rings is 9. The van der Waals surface area contributed by atoms with Gasteiger partial charge in [0.2, 0.25) is 0 Å². The van der Waals surface area contributed by atoms with Crippen LogP contribution < -0.4 is 0 Å². The Morgan fingerprint density at radius 3 is 1.80 bits per heavy atom. The van der Waals surface area contributed by atoms with Crippen LogP contribution in [0.3, 0.4) is 0 Å². The molecule has 0 fully saturated rings. The van der Waals surface area contributed by atoms with Gasteiger partial charge in [0.15, 0.2) is 17.5 Å². The normalized spacial score (nSPS) is 11.9. The van der Waals surface area contributed by atoms with E-state index in [9.17, 15) is 0 Å². The highest BCUT2D eigenvalue weighted by Crippen LogP contribution is 2.40. The highest BCUT2D eigenvalue weighted by atomic mass is 32.1. The molecule has 0 N–H and O–H groups in total. The van der Waals surface area contributed by atoms with E-state index in [-0.39, 0.29) is 0 Å². The van der Waals surface area contributed by atoms with E-state index in [1.165, 1.54) is 58.1 Å². The smallest absolute Gasteiger partial charge is 0.164 e. The van der Waals surface area contributed by atoms with Crippen LogP contribution >= 0.6 is 11.3 Å². The molecule has 56 heavy (non-hydrogen) atoms. The molecule has 0 bridgehead atoms. The third-order valence-electron chi connectivity index (χ3n) is 11.2. The monoisotopic (exact) mass is 730 g/mol. The summed E-state index contributed by atoms with van der Waals surface area (Å²) in [5.74, 6) is 1.94. The van der Waals surface area contributed by atoms with Crippen molar-refractivity contribution in [2.45, 2.75) is 0 Å². The van der Waals surface area contributed by atoms with Crippen LogP contribution in [0.4, 0.5) is 0 Å². The fourth-order valence-corrected chi connectivity index (χ4v) is 9.69. The molecule has 4 nitrogen and oxygen atoms in total. The molecule has 260 valence electrons. The summed E-state index contributed by atoms with van der Waals surface area (Å²) in [5, 5.41) is 12.0. The first-order valence-electron chi connectivity index (χ1n) is 18.8. The van der Waals surface area contributed by atoms with Crippen molar-refractivity contribution < 1.29 is 0 Å². The number of fused-ring (bicyclic) bond motifs is 9. The van der Waals surface area contributed by atoms with E-state index in [1.54, 1.807) is 11.3 Å². The standard InChI is InChI=1S/C51H30N4S/c1-2-12-32-27-35(24-23-31(32)11-1)49-52-50(36-25-26-41-40-16-6-8-22-47(40)56-48(41)30-36)54-51(53-49)42-19-9-18-38-37(42)17-10-21-45(38)55-44-20-7-5-15-39(44)43-28-33-13-3-4-14-34(33)29-46(43)55/h1-30H. The predicted octanol–water partition coefficient (Wildman–Crippen LogP) is 13.8. The van der Waals surface area contributed by atoms with Gasteiger partial charge in [0.25, 0.3) is 0 Å². The molecule has 0 aliphatic heterocycles. The van der Waals surface area contributed by atoms with Crippen LogP contribution in [0, 0.1) is 0 Å². The Bertz CT molecular complexity index is 3560. The van der Waals surface area contributed by atoms with E-state index in [0.29, 0.717) is 17.5 Å². The van der Waals surface area contributed by atoms with Crippen molar-refractivity contribution >= 4 is 85.6 Å². The second kappa shape index (κ2) is 12.2. The third-order valence-corrected chi connectivity index (χ3v) is 12.3. The van der Waals surface area contributed by atoms with E-state index >= 15 is 0 Å². The molecule has 12 aromatic rings. The zero-order chi connectivity index (χ0) is 36.7. The Balaban J connectivity index is 1.09. The summed E-state index contributed by atoms with van der Waals surface area (Å²) in [6, 6.07) is 65.1. The van der Waals surface area contributed by atoms with E-state index in [4.69, 9.17) is 15.0 Å². The van der Waals surface area contributed by atoms with Gasteiger partial charge in [-0.05, 0) is 69.4 Å². The number of hydrogen-bond donors (Lipinski definition) is 0. The zero-order valence-electron chi connectivity index (χ0n) is 30.0. The lowest BCUT2D eigenvalue weighted by molar-refractivity contribution is 1.08. The van der Waals surface area contributed by atoms with Gasteiger partial charge in [-0.3, -0.25) is 0 Å². The molecule has 3 aromatic heterocycles. The summed E-state index contributed by atoms with van der Waals surface area (Å²) >= 11 is 1.80. The molecule has 0 unspecified atom stereocenters. The van der Waals surface area contributed by atoms with Crippen molar-refractivity contribution in [2.75, 3.05) is 0 Å². The molecule has 0 aliphatic rings. The van der Waals surface area contributed by atoms with Crippen LogP contribution in [-0.2, 0) is 0 Å². The molecule has 9 aromatic carbocycles. The highest BCUT2D eigenvalue weighted by molar-refractivity contribution is 7.25. The summed E-state index contributed by atoms with van der Waals surface area (Å²) in [6.45, 7) is 0. The summed E-state index contributed by atoms with van der Waals surface area (Å²) in [4.78, 5) is 15.7. The number of thiophene rings is 1. The largest absolute Gasteiger partial charge is 0.309 e. The van der Waals surface area contributed by atoms with Crippen molar-refractivity contribution in [3.63, 3.8) is 0 Å². The number of hydrogen-bond acceptors (Lipinski definition) is 4. The lowest BCUT2D eigenvalue weighted by atomic mass is 10.0. The van der Waals surface area contributed by atoms with Crippen molar-refractivity contribution in [1.82, 2.24) is 19.5 Å². The summed E-state index contributed by atoms with van der Waals surface area (Å²) < 4.78 is 4.91. The van der Waals surface area contributed by atoms with Gasteiger partial charge in [-0.25, -0.2) is 15.0 Å². The Morgan fingerprint density at radius 1 is 0.339 bits per heavy atom. The lowest BCUT2D eigenvalue weighted by Crippen LogP contribution is -2.01. The van der Waals surface area contributed by atoms with Gasteiger partial charge in [-0.15, -0.1) is 11.3 Å². The van der Waals surface area contributed by atoms with Crippen LogP contribution in [0.15, 0.2) is 182 Å². The molecule has 0 atom stereocenters. The minimum Gasteiger partial charge on any atom is -0.309 e. The zero-order valence-corrected chi connectivity index (χ0v) is 30.8. The van der Waals surface area contributed by atoms with Crippen LogP contribution in [0.25, 0.3) is 114 Å². The maximum Gasteiger partial charge on any atom is 0.164 e. The summed E-state index contributed by atoms with van der Waals surface area (Å²) in [7, 11) is 0. The van der Waals surface area contributed by atoms with Crippen LogP contribution in [0.5, 0.6) is 0 Å². The molecule has 3 heterocycles. The van der Waals surface area contributed by atoms with Gasteiger partial charge in [0, 0.05) is 53.0 Å². The van der Waals surface area contributed by atoms with Crippen molar-refractivity contribution in [3.8, 4) is 39.9 Å². The molecule has 0 saturated carbocycles. The van der Waals surface area contributed by atoms with Gasteiger partial charge >= 0.3 is 0 Å². The van der Waals surface area contributed by atoms with E-state index in [2.05, 4.69) is 187 Å². The second-order valence-corrected chi connectivity index (χ2v) is 15.5. The van der Waals surface area contributed by atoms with Gasteiger partial charge in [0.1, 0.15) is 0 Å². The Labute approximate surface area is 325 Å². The average molecular weight is 731 g/mol. The minimum atomic E-state index is 0.644. The molecular formula is C51H30N4S. The highest BCUT2D eigenvalue weighted by Gasteiger charge is 2.19. The van der Waals surface area contributed by atoms with Gasteiger partial charge in [0.05, 0.1) is 16.7 Å². The van der Waals surface area contributed by atoms with E-state index in [0.717, 1.165) is 38.5 Å². The minimum absolute atomic E-state index is 0.644. The van der Waals surface area contributed by atoms with Crippen molar-refractivity contribution in [1.29, 1.82) is 0 Å². The van der Waals surface area contributed by atoms with Crippen LogP contribution in [-0.4, -0.2) is 19.5 Å². The first-order chi connectivity index (χ1) is 27.7. The molecule has 12 rings (SSSR count). The molecule has 5 heteroatoms. The maximum atomic E-state index is 5.27.